The van der Waals surface area contributed by atoms with Gasteiger partial charge in [0, 0.05) is 24.0 Å². The maximum Gasteiger partial charge on any atom is 0.261 e. The smallest absolute Gasteiger partial charge is 0.261 e. The highest BCUT2D eigenvalue weighted by atomic mass is 32.2. The molecule has 0 amide bonds. The van der Waals surface area contributed by atoms with E-state index in [0.717, 1.165) is 5.56 Å². The lowest BCUT2D eigenvalue weighted by Gasteiger charge is -2.15. The lowest BCUT2D eigenvalue weighted by molar-refractivity contribution is 0.355. The van der Waals surface area contributed by atoms with Gasteiger partial charge >= 0.3 is 0 Å². The number of nitrogens with zero attached hydrogens (tertiary/aromatic N) is 1. The number of hydrogen-bond acceptors (Lipinski definition) is 6. The monoisotopic (exact) mass is 426 g/mol. The van der Waals surface area contributed by atoms with Gasteiger partial charge in [-0.15, -0.1) is 0 Å². The summed E-state index contributed by atoms with van der Waals surface area (Å²) < 4.78 is 44.3. The number of nitrogens with one attached hydrogen (secondary N) is 1. The SMILES string of the molecule is COc1ccc(S(=O)(=O)Nc2cc(OC)c(OC)cc2C=Cc2ccncc2)cc1. The Morgan fingerprint density at radius 3 is 2.07 bits per heavy atom. The second-order valence-corrected chi connectivity index (χ2v) is 7.87. The Kier molecular flexibility index (Phi) is 6.58. The molecule has 3 rings (SSSR count). The molecule has 1 heterocycles. The summed E-state index contributed by atoms with van der Waals surface area (Å²) in [4.78, 5) is 4.10. The van der Waals surface area contributed by atoms with Crippen LogP contribution in [0.3, 0.4) is 0 Å². The Bertz CT molecular complexity index is 1130. The van der Waals surface area contributed by atoms with E-state index < -0.39 is 10.0 Å². The summed E-state index contributed by atoms with van der Waals surface area (Å²) in [5, 5.41) is 0. The van der Waals surface area contributed by atoms with E-state index in [4.69, 9.17) is 14.2 Å². The minimum atomic E-state index is -3.83. The maximum atomic E-state index is 12.9. The molecule has 0 saturated heterocycles. The average Bonchev–Trinajstić information content (AvgIpc) is 2.78. The molecule has 30 heavy (non-hydrogen) atoms. The highest BCUT2D eigenvalue weighted by Gasteiger charge is 2.18. The first-order valence-corrected chi connectivity index (χ1v) is 10.5. The van der Waals surface area contributed by atoms with Gasteiger partial charge in [0.2, 0.25) is 0 Å². The molecule has 0 bridgehead atoms. The molecule has 0 aliphatic rings. The molecule has 3 aromatic rings. The molecule has 0 saturated carbocycles. The van der Waals surface area contributed by atoms with Gasteiger partial charge in [0.25, 0.3) is 10.0 Å². The van der Waals surface area contributed by atoms with Crippen LogP contribution in [0, 0.1) is 0 Å². The number of rotatable bonds is 8. The number of benzene rings is 2. The van der Waals surface area contributed by atoms with Crippen LogP contribution in [0.25, 0.3) is 12.2 Å². The summed E-state index contributed by atoms with van der Waals surface area (Å²) in [5.74, 6) is 1.46. The molecule has 0 aliphatic carbocycles. The van der Waals surface area contributed by atoms with Crippen molar-refractivity contribution in [3.8, 4) is 17.2 Å². The predicted octanol–water partition coefficient (Wildman–Crippen LogP) is 4.08. The Balaban J connectivity index is 2.01. The fourth-order valence-corrected chi connectivity index (χ4v) is 3.82. The molecule has 1 aromatic heterocycles. The van der Waals surface area contributed by atoms with E-state index in [1.54, 1.807) is 42.7 Å². The van der Waals surface area contributed by atoms with E-state index in [1.807, 2.05) is 18.2 Å². The van der Waals surface area contributed by atoms with Crippen molar-refractivity contribution in [1.29, 1.82) is 0 Å². The second kappa shape index (κ2) is 9.32. The molecule has 0 spiro atoms. The normalized spacial score (nSPS) is 11.3. The van der Waals surface area contributed by atoms with Crippen LogP contribution < -0.4 is 18.9 Å². The fraction of sp³-hybridized carbons (Fsp3) is 0.136. The molecule has 2 aromatic carbocycles. The summed E-state index contributed by atoms with van der Waals surface area (Å²) in [7, 11) is 0.702. The topological polar surface area (TPSA) is 86.8 Å². The van der Waals surface area contributed by atoms with Gasteiger partial charge in [-0.3, -0.25) is 9.71 Å². The quantitative estimate of drug-likeness (QED) is 0.584. The van der Waals surface area contributed by atoms with E-state index in [0.29, 0.717) is 28.5 Å². The van der Waals surface area contributed by atoms with E-state index in [9.17, 15) is 8.42 Å². The first-order valence-electron chi connectivity index (χ1n) is 8.98. The Labute approximate surface area is 176 Å². The number of ether oxygens (including phenoxy) is 3. The molecular formula is C22H22N2O5S. The fourth-order valence-electron chi connectivity index (χ4n) is 2.74. The molecule has 156 valence electrons. The minimum absolute atomic E-state index is 0.113. The summed E-state index contributed by atoms with van der Waals surface area (Å²) >= 11 is 0. The van der Waals surface area contributed by atoms with Crippen molar-refractivity contribution in [3.05, 3.63) is 72.1 Å². The van der Waals surface area contributed by atoms with E-state index in [-0.39, 0.29) is 4.90 Å². The van der Waals surface area contributed by atoms with E-state index in [1.165, 1.54) is 33.5 Å². The second-order valence-electron chi connectivity index (χ2n) is 6.19. The van der Waals surface area contributed by atoms with Crippen molar-refractivity contribution in [2.45, 2.75) is 4.90 Å². The maximum absolute atomic E-state index is 12.9. The lowest BCUT2D eigenvalue weighted by atomic mass is 10.1. The Morgan fingerprint density at radius 1 is 0.833 bits per heavy atom. The van der Waals surface area contributed by atoms with E-state index >= 15 is 0 Å². The van der Waals surface area contributed by atoms with Crippen LogP contribution in [0.2, 0.25) is 0 Å². The van der Waals surface area contributed by atoms with E-state index in [2.05, 4.69) is 9.71 Å². The highest BCUT2D eigenvalue weighted by molar-refractivity contribution is 7.92. The van der Waals surface area contributed by atoms with Crippen molar-refractivity contribution in [2.24, 2.45) is 0 Å². The summed E-state index contributed by atoms with van der Waals surface area (Å²) in [6.07, 6.45) is 7.01. The van der Waals surface area contributed by atoms with Gasteiger partial charge < -0.3 is 14.2 Å². The number of aromatic nitrogens is 1. The van der Waals surface area contributed by atoms with Gasteiger partial charge in [0.15, 0.2) is 11.5 Å². The summed E-state index contributed by atoms with van der Waals surface area (Å²) in [6, 6.07) is 13.1. The van der Waals surface area contributed by atoms with Crippen molar-refractivity contribution >= 4 is 27.9 Å². The highest BCUT2D eigenvalue weighted by Crippen LogP contribution is 2.35. The van der Waals surface area contributed by atoms with Gasteiger partial charge in [-0.2, -0.15) is 0 Å². The molecule has 0 aliphatic heterocycles. The standard InChI is InChI=1S/C22H22N2O5S/c1-27-18-6-8-19(9-7-18)30(25,26)24-20-15-22(29-3)21(28-2)14-17(20)5-4-16-10-12-23-13-11-16/h4-15,24H,1-3H3. The molecule has 8 heteroatoms. The molecule has 1 N–H and O–H groups in total. The number of sulfonamides is 1. The van der Waals surface area contributed by atoms with Crippen LogP contribution in [0.4, 0.5) is 5.69 Å². The van der Waals surface area contributed by atoms with Gasteiger partial charge in [-0.05, 0) is 48.0 Å². The number of hydrogen-bond donors (Lipinski definition) is 1. The number of pyridine rings is 1. The Hall–Kier alpha value is -3.52. The lowest BCUT2D eigenvalue weighted by Crippen LogP contribution is -2.14. The zero-order valence-corrected chi connectivity index (χ0v) is 17.6. The number of anilines is 1. The van der Waals surface area contributed by atoms with Crippen molar-refractivity contribution in [3.63, 3.8) is 0 Å². The Morgan fingerprint density at radius 2 is 1.47 bits per heavy atom. The van der Waals surface area contributed by atoms with Crippen LogP contribution in [0.1, 0.15) is 11.1 Å². The van der Waals surface area contributed by atoms with Crippen LogP contribution in [-0.2, 0) is 10.0 Å². The number of methoxy groups -OCH3 is 3. The van der Waals surface area contributed by atoms with Crippen LogP contribution in [0.5, 0.6) is 17.2 Å². The largest absolute Gasteiger partial charge is 0.497 e. The first-order chi connectivity index (χ1) is 14.5. The van der Waals surface area contributed by atoms with Gasteiger partial charge in [0.1, 0.15) is 5.75 Å². The van der Waals surface area contributed by atoms with Gasteiger partial charge in [-0.25, -0.2) is 8.42 Å². The zero-order chi connectivity index (χ0) is 21.6. The third kappa shape index (κ3) is 4.90. The molecule has 7 nitrogen and oxygen atoms in total. The molecule has 0 unspecified atom stereocenters. The third-order valence-corrected chi connectivity index (χ3v) is 5.71. The first kappa shape index (κ1) is 21.2. The minimum Gasteiger partial charge on any atom is -0.497 e. The molecule has 0 radical (unpaired) electrons. The van der Waals surface area contributed by atoms with Gasteiger partial charge in [-0.1, -0.05) is 12.2 Å². The van der Waals surface area contributed by atoms with Crippen LogP contribution in [0.15, 0.2) is 65.8 Å². The van der Waals surface area contributed by atoms with Crippen LogP contribution >= 0.6 is 0 Å². The van der Waals surface area contributed by atoms with Gasteiger partial charge in [0.05, 0.1) is 31.9 Å². The molecule has 0 atom stereocenters. The third-order valence-electron chi connectivity index (χ3n) is 4.33. The average molecular weight is 426 g/mol. The zero-order valence-electron chi connectivity index (χ0n) is 16.8. The summed E-state index contributed by atoms with van der Waals surface area (Å²) in [6.45, 7) is 0. The van der Waals surface area contributed by atoms with Crippen LogP contribution in [-0.4, -0.2) is 34.7 Å². The van der Waals surface area contributed by atoms with Crippen molar-refractivity contribution in [1.82, 2.24) is 4.98 Å². The predicted molar refractivity (Wildman–Crippen MR) is 117 cm³/mol. The molecule has 0 fully saturated rings. The molecular weight excluding hydrogens is 404 g/mol. The summed E-state index contributed by atoms with van der Waals surface area (Å²) in [5.41, 5.74) is 1.89. The van der Waals surface area contributed by atoms with Crippen molar-refractivity contribution in [2.75, 3.05) is 26.1 Å². The van der Waals surface area contributed by atoms with Crippen molar-refractivity contribution < 1.29 is 22.6 Å².